The fourth-order valence-electron chi connectivity index (χ4n) is 1.20. The minimum Gasteiger partial charge on any atom is -0.198 e. The van der Waals surface area contributed by atoms with Gasteiger partial charge in [0.1, 0.15) is 0 Å². The molecular formula is C10H19N. The molecule has 1 atom stereocenters. The minimum absolute atomic E-state index is 0.729. The molecule has 0 heterocycles. The molecule has 0 aromatic rings. The van der Waals surface area contributed by atoms with Gasteiger partial charge in [0.25, 0.3) is 0 Å². The zero-order chi connectivity index (χ0) is 8.53. The molecule has 0 aliphatic carbocycles. The van der Waals surface area contributed by atoms with Gasteiger partial charge in [-0.1, -0.05) is 39.5 Å². The van der Waals surface area contributed by atoms with Gasteiger partial charge in [-0.15, -0.1) is 0 Å². The van der Waals surface area contributed by atoms with E-state index in [2.05, 4.69) is 19.9 Å². The summed E-state index contributed by atoms with van der Waals surface area (Å²) in [6.07, 6.45) is 7.09. The lowest BCUT2D eigenvalue weighted by Gasteiger charge is -2.07. The topological polar surface area (TPSA) is 23.8 Å². The molecule has 0 aliphatic rings. The minimum atomic E-state index is 0.729. The summed E-state index contributed by atoms with van der Waals surface area (Å²) >= 11 is 0. The van der Waals surface area contributed by atoms with Gasteiger partial charge in [0.2, 0.25) is 0 Å². The van der Waals surface area contributed by atoms with E-state index in [1.165, 1.54) is 25.7 Å². The summed E-state index contributed by atoms with van der Waals surface area (Å²) in [6, 6.07) is 2.19. The molecular weight excluding hydrogens is 134 g/mol. The van der Waals surface area contributed by atoms with Crippen LogP contribution in [0.1, 0.15) is 52.4 Å². The smallest absolute Gasteiger partial charge is 0.0621 e. The van der Waals surface area contributed by atoms with Crippen molar-refractivity contribution in [1.29, 1.82) is 5.26 Å². The highest BCUT2D eigenvalue weighted by atomic mass is 14.2. The molecule has 0 amide bonds. The van der Waals surface area contributed by atoms with E-state index in [0.717, 1.165) is 18.8 Å². The van der Waals surface area contributed by atoms with E-state index in [4.69, 9.17) is 5.26 Å². The van der Waals surface area contributed by atoms with Crippen LogP contribution in [0.25, 0.3) is 0 Å². The van der Waals surface area contributed by atoms with Crippen molar-refractivity contribution < 1.29 is 0 Å². The number of hydrogen-bond acceptors (Lipinski definition) is 1. The second kappa shape index (κ2) is 7.60. The lowest BCUT2D eigenvalue weighted by atomic mass is 9.99. The summed E-state index contributed by atoms with van der Waals surface area (Å²) in [4.78, 5) is 0. The first kappa shape index (κ1) is 10.5. The maximum atomic E-state index is 8.34. The maximum absolute atomic E-state index is 8.34. The van der Waals surface area contributed by atoms with Gasteiger partial charge < -0.3 is 0 Å². The Bertz CT molecular complexity index is 113. The van der Waals surface area contributed by atoms with Crippen LogP contribution in [-0.2, 0) is 0 Å². The van der Waals surface area contributed by atoms with Crippen LogP contribution in [0.3, 0.4) is 0 Å². The molecule has 0 spiro atoms. The number of nitriles is 1. The van der Waals surface area contributed by atoms with Crippen LogP contribution in [0, 0.1) is 17.2 Å². The molecule has 0 aromatic carbocycles. The third-order valence-electron chi connectivity index (χ3n) is 2.05. The maximum Gasteiger partial charge on any atom is 0.0621 e. The number of nitrogens with zero attached hydrogens (tertiary/aromatic N) is 1. The van der Waals surface area contributed by atoms with Gasteiger partial charge >= 0.3 is 0 Å². The van der Waals surface area contributed by atoms with Gasteiger partial charge in [0, 0.05) is 6.42 Å². The van der Waals surface area contributed by atoms with Crippen LogP contribution in [0.15, 0.2) is 0 Å². The molecule has 0 N–H and O–H groups in total. The molecule has 0 fully saturated rings. The molecule has 64 valence electrons. The normalized spacial score (nSPS) is 12.5. The first-order chi connectivity index (χ1) is 5.31. The molecule has 0 saturated heterocycles. The van der Waals surface area contributed by atoms with Crippen LogP contribution < -0.4 is 0 Å². The summed E-state index contributed by atoms with van der Waals surface area (Å²) in [7, 11) is 0. The summed E-state index contributed by atoms with van der Waals surface area (Å²) in [5, 5.41) is 8.34. The molecule has 1 unspecified atom stereocenters. The third kappa shape index (κ3) is 7.39. The third-order valence-corrected chi connectivity index (χ3v) is 2.05. The Hall–Kier alpha value is -0.510. The lowest BCUT2D eigenvalue weighted by Crippen LogP contribution is -1.93. The average Bonchev–Trinajstić information content (AvgIpc) is 2.01. The fourth-order valence-corrected chi connectivity index (χ4v) is 1.20. The van der Waals surface area contributed by atoms with Gasteiger partial charge in [-0.3, -0.25) is 0 Å². The van der Waals surface area contributed by atoms with E-state index in [1.54, 1.807) is 0 Å². The van der Waals surface area contributed by atoms with E-state index in [9.17, 15) is 0 Å². The first-order valence-electron chi connectivity index (χ1n) is 4.68. The Morgan fingerprint density at radius 1 is 1.27 bits per heavy atom. The predicted octanol–water partition coefficient (Wildman–Crippen LogP) is 3.51. The van der Waals surface area contributed by atoms with Crippen molar-refractivity contribution in [3.63, 3.8) is 0 Å². The van der Waals surface area contributed by atoms with Gasteiger partial charge in [-0.2, -0.15) is 5.26 Å². The van der Waals surface area contributed by atoms with Crippen molar-refractivity contribution in [2.24, 2.45) is 5.92 Å². The molecule has 1 nitrogen and oxygen atoms in total. The zero-order valence-corrected chi connectivity index (χ0v) is 7.77. The molecule has 0 bridgehead atoms. The highest BCUT2D eigenvalue weighted by Crippen LogP contribution is 2.13. The van der Waals surface area contributed by atoms with E-state index < -0.39 is 0 Å². The first-order valence-corrected chi connectivity index (χ1v) is 4.68. The second-order valence-electron chi connectivity index (χ2n) is 3.30. The molecule has 0 radical (unpaired) electrons. The number of rotatable bonds is 6. The monoisotopic (exact) mass is 153 g/mol. The van der Waals surface area contributed by atoms with Crippen molar-refractivity contribution in [3.8, 4) is 6.07 Å². The SMILES string of the molecule is CCCCCC(C)CCC#N. The van der Waals surface area contributed by atoms with Crippen LogP contribution in [-0.4, -0.2) is 0 Å². The van der Waals surface area contributed by atoms with Gasteiger partial charge in [0.15, 0.2) is 0 Å². The molecule has 11 heavy (non-hydrogen) atoms. The largest absolute Gasteiger partial charge is 0.198 e. The van der Waals surface area contributed by atoms with Crippen molar-refractivity contribution in [1.82, 2.24) is 0 Å². The van der Waals surface area contributed by atoms with E-state index in [0.29, 0.717) is 0 Å². The quantitative estimate of drug-likeness (QED) is 0.536. The van der Waals surface area contributed by atoms with Crippen molar-refractivity contribution >= 4 is 0 Å². The molecule has 0 rings (SSSR count). The molecule has 0 aromatic heterocycles. The van der Waals surface area contributed by atoms with Gasteiger partial charge in [-0.05, 0) is 12.3 Å². The van der Waals surface area contributed by atoms with E-state index in [-0.39, 0.29) is 0 Å². The van der Waals surface area contributed by atoms with Gasteiger partial charge in [0.05, 0.1) is 6.07 Å². The van der Waals surface area contributed by atoms with Crippen LogP contribution in [0.5, 0.6) is 0 Å². The van der Waals surface area contributed by atoms with Crippen molar-refractivity contribution in [2.45, 2.75) is 52.4 Å². The number of unbranched alkanes of at least 4 members (excludes halogenated alkanes) is 2. The number of hydrogen-bond donors (Lipinski definition) is 0. The zero-order valence-electron chi connectivity index (χ0n) is 7.77. The summed E-state index contributed by atoms with van der Waals surface area (Å²) in [5.41, 5.74) is 0. The lowest BCUT2D eigenvalue weighted by molar-refractivity contribution is 0.469. The molecule has 0 aliphatic heterocycles. The van der Waals surface area contributed by atoms with Crippen LogP contribution in [0.2, 0.25) is 0 Å². The molecule has 1 heteroatoms. The van der Waals surface area contributed by atoms with E-state index in [1.807, 2.05) is 0 Å². The van der Waals surface area contributed by atoms with Crippen molar-refractivity contribution in [2.75, 3.05) is 0 Å². The Balaban J connectivity index is 3.10. The Labute approximate surface area is 70.4 Å². The summed E-state index contributed by atoms with van der Waals surface area (Å²) in [5.74, 6) is 0.751. The Morgan fingerprint density at radius 3 is 2.55 bits per heavy atom. The summed E-state index contributed by atoms with van der Waals surface area (Å²) < 4.78 is 0. The molecule has 0 saturated carbocycles. The Morgan fingerprint density at radius 2 is 2.00 bits per heavy atom. The van der Waals surface area contributed by atoms with Crippen molar-refractivity contribution in [3.05, 3.63) is 0 Å². The highest BCUT2D eigenvalue weighted by Gasteiger charge is 1.99. The van der Waals surface area contributed by atoms with Crippen LogP contribution >= 0.6 is 0 Å². The predicted molar refractivity (Wildman–Crippen MR) is 48.2 cm³/mol. The second-order valence-corrected chi connectivity index (χ2v) is 3.30. The fraction of sp³-hybridized carbons (Fsp3) is 0.900. The van der Waals surface area contributed by atoms with Gasteiger partial charge in [-0.25, -0.2) is 0 Å². The highest BCUT2D eigenvalue weighted by molar-refractivity contribution is 4.70. The van der Waals surface area contributed by atoms with Crippen LogP contribution in [0.4, 0.5) is 0 Å². The van der Waals surface area contributed by atoms with E-state index >= 15 is 0 Å². The standard InChI is InChI=1S/C10H19N/c1-3-4-5-7-10(2)8-6-9-11/h10H,3-8H2,1-2H3. The Kier molecular flexibility index (Phi) is 7.24. The average molecular weight is 153 g/mol. The summed E-state index contributed by atoms with van der Waals surface area (Å²) in [6.45, 7) is 4.47.